The van der Waals surface area contributed by atoms with Crippen molar-refractivity contribution in [1.82, 2.24) is 41.7 Å². The molecule has 0 amide bonds. The highest BCUT2D eigenvalue weighted by Gasteiger charge is 2.03. The summed E-state index contributed by atoms with van der Waals surface area (Å²) in [6.45, 7) is 8.92. The van der Waals surface area contributed by atoms with Crippen molar-refractivity contribution in [3.8, 4) is 0 Å². The molecule has 0 saturated heterocycles. The van der Waals surface area contributed by atoms with Crippen LogP contribution in [0.15, 0.2) is 12.1 Å². The Kier molecular flexibility index (Phi) is 9.41. The monoisotopic (exact) mass is 392 g/mol. The van der Waals surface area contributed by atoms with Crippen molar-refractivity contribution in [1.29, 1.82) is 0 Å². The second-order valence-corrected chi connectivity index (χ2v) is 6.70. The van der Waals surface area contributed by atoms with Crippen LogP contribution in [0.4, 0.5) is 0 Å². The largest absolute Gasteiger partial charge is 0.379 e. The molecule has 4 bridgehead atoms. The topological polar surface area (TPSA) is 124 Å². The number of rotatable bonds is 0. The molecule has 0 radical (unpaired) electrons. The summed E-state index contributed by atoms with van der Waals surface area (Å²) in [4.78, 5) is 0. The van der Waals surface area contributed by atoms with E-state index in [0.717, 1.165) is 75.1 Å². The number of hydrogen-bond acceptors (Lipinski definition) is 8. The summed E-state index contributed by atoms with van der Waals surface area (Å²) < 4.78 is 11.3. The molecule has 0 unspecified atom stereocenters. The van der Waals surface area contributed by atoms with Gasteiger partial charge in [0.2, 0.25) is 0 Å². The fourth-order valence-corrected chi connectivity index (χ4v) is 2.84. The maximum Gasteiger partial charge on any atom is 0.0763 e. The van der Waals surface area contributed by atoms with Crippen LogP contribution < -0.4 is 21.3 Å². The lowest BCUT2D eigenvalue weighted by molar-refractivity contribution is 0.137. The van der Waals surface area contributed by atoms with Crippen LogP contribution in [0, 0.1) is 0 Å². The minimum Gasteiger partial charge on any atom is -0.379 e. The third kappa shape index (κ3) is 8.05. The number of nitrogens with zero attached hydrogens (tertiary/aromatic N) is 2. The van der Waals surface area contributed by atoms with Gasteiger partial charge in [-0.15, -0.1) is 0 Å². The summed E-state index contributed by atoms with van der Waals surface area (Å²) in [5.41, 5.74) is 4.17. The molecule has 10 heteroatoms. The third-order valence-corrected chi connectivity index (χ3v) is 4.30. The van der Waals surface area contributed by atoms with Crippen molar-refractivity contribution in [2.24, 2.45) is 0 Å². The van der Waals surface area contributed by atoms with Gasteiger partial charge in [-0.3, -0.25) is 10.2 Å². The summed E-state index contributed by atoms with van der Waals surface area (Å²) in [5, 5.41) is 28.2. The molecule has 0 aliphatic carbocycles. The molecule has 0 aromatic carbocycles. The molecular weight excluding hydrogens is 360 g/mol. The first-order valence-corrected chi connectivity index (χ1v) is 9.95. The Morgan fingerprint density at radius 1 is 0.571 bits per heavy atom. The minimum absolute atomic E-state index is 0.679. The van der Waals surface area contributed by atoms with Crippen molar-refractivity contribution >= 4 is 0 Å². The number of ether oxygens (including phenoxy) is 2. The van der Waals surface area contributed by atoms with E-state index < -0.39 is 0 Å². The molecule has 3 rings (SSSR count). The molecule has 2 aromatic heterocycles. The Morgan fingerprint density at radius 2 is 0.964 bits per heavy atom. The van der Waals surface area contributed by atoms with Crippen LogP contribution in [-0.4, -0.2) is 73.0 Å². The van der Waals surface area contributed by atoms with E-state index >= 15 is 0 Å². The lowest BCUT2D eigenvalue weighted by Gasteiger charge is -2.06. The molecule has 1 aliphatic rings. The normalized spacial score (nSPS) is 19.7. The van der Waals surface area contributed by atoms with Crippen LogP contribution in [-0.2, 0) is 35.7 Å². The van der Waals surface area contributed by atoms with E-state index in [0.29, 0.717) is 26.4 Å². The van der Waals surface area contributed by atoms with E-state index in [-0.39, 0.29) is 0 Å². The number of hydrogen-bond donors (Lipinski definition) is 6. The zero-order valence-electron chi connectivity index (χ0n) is 16.4. The Bertz CT molecular complexity index is 554. The van der Waals surface area contributed by atoms with Gasteiger partial charge in [-0.1, -0.05) is 0 Å². The fourth-order valence-electron chi connectivity index (χ4n) is 2.84. The van der Waals surface area contributed by atoms with E-state index in [1.165, 1.54) is 0 Å². The summed E-state index contributed by atoms with van der Waals surface area (Å²) in [7, 11) is 0. The van der Waals surface area contributed by atoms with Gasteiger partial charge in [0.15, 0.2) is 0 Å². The van der Waals surface area contributed by atoms with Gasteiger partial charge in [0.05, 0.1) is 37.8 Å². The maximum absolute atomic E-state index is 5.64. The molecule has 2 aromatic rings. The Balaban J connectivity index is 1.40. The first-order chi connectivity index (χ1) is 13.9. The zero-order valence-corrected chi connectivity index (χ0v) is 16.4. The standard InChI is InChI=1S/C18H32N8O2/c1-5-27-6-2-20-13-17-10-18(26-25-17)14-22-4-8-28-7-3-21-12-16-9-15(11-19-1)23-24-16/h9-10,19-22H,1-8,11-14H2,(H,23,24)(H,25,26). The number of aromatic amines is 2. The van der Waals surface area contributed by atoms with Crippen LogP contribution in [0.1, 0.15) is 22.8 Å². The summed E-state index contributed by atoms with van der Waals surface area (Å²) in [6.07, 6.45) is 0. The molecule has 10 nitrogen and oxygen atoms in total. The number of nitrogens with one attached hydrogen (secondary N) is 6. The smallest absolute Gasteiger partial charge is 0.0763 e. The first kappa shape index (κ1) is 20.9. The van der Waals surface area contributed by atoms with Crippen molar-refractivity contribution in [2.45, 2.75) is 26.2 Å². The fraction of sp³-hybridized carbons (Fsp3) is 0.667. The highest BCUT2D eigenvalue weighted by molar-refractivity contribution is 5.08. The third-order valence-electron chi connectivity index (χ3n) is 4.30. The summed E-state index contributed by atoms with van der Waals surface area (Å²) in [6, 6.07) is 4.15. The van der Waals surface area contributed by atoms with E-state index in [1.807, 2.05) is 0 Å². The van der Waals surface area contributed by atoms with Crippen LogP contribution >= 0.6 is 0 Å². The number of fused-ring (bicyclic) bond motifs is 4. The van der Waals surface area contributed by atoms with E-state index in [9.17, 15) is 0 Å². The van der Waals surface area contributed by atoms with Crippen LogP contribution in [0.3, 0.4) is 0 Å². The average Bonchev–Trinajstić information content (AvgIpc) is 3.34. The molecule has 3 heterocycles. The number of H-pyrrole nitrogens is 2. The van der Waals surface area contributed by atoms with Gasteiger partial charge in [-0.05, 0) is 12.1 Å². The minimum atomic E-state index is 0.679. The van der Waals surface area contributed by atoms with E-state index in [2.05, 4.69) is 53.8 Å². The van der Waals surface area contributed by atoms with E-state index in [1.54, 1.807) is 0 Å². The quantitative estimate of drug-likeness (QED) is 0.346. The molecule has 0 fully saturated rings. The Labute approximate surface area is 165 Å². The summed E-state index contributed by atoms with van der Waals surface area (Å²) >= 11 is 0. The lowest BCUT2D eigenvalue weighted by Crippen LogP contribution is -2.24. The van der Waals surface area contributed by atoms with Gasteiger partial charge in [0.1, 0.15) is 0 Å². The maximum atomic E-state index is 5.64. The average molecular weight is 393 g/mol. The van der Waals surface area contributed by atoms with Crippen LogP contribution in [0.2, 0.25) is 0 Å². The van der Waals surface area contributed by atoms with Crippen LogP contribution in [0.5, 0.6) is 0 Å². The Morgan fingerprint density at radius 3 is 1.39 bits per heavy atom. The molecule has 0 spiro atoms. The van der Waals surface area contributed by atoms with Crippen molar-refractivity contribution < 1.29 is 9.47 Å². The molecule has 156 valence electrons. The Hall–Kier alpha value is -1.82. The van der Waals surface area contributed by atoms with Gasteiger partial charge in [-0.2, -0.15) is 10.2 Å². The zero-order chi connectivity index (χ0) is 19.3. The van der Waals surface area contributed by atoms with Gasteiger partial charge in [-0.25, -0.2) is 0 Å². The molecule has 0 atom stereocenters. The van der Waals surface area contributed by atoms with Crippen molar-refractivity contribution in [3.05, 3.63) is 34.9 Å². The van der Waals surface area contributed by atoms with Crippen molar-refractivity contribution in [3.63, 3.8) is 0 Å². The first-order valence-electron chi connectivity index (χ1n) is 9.95. The molecule has 6 N–H and O–H groups in total. The number of aromatic nitrogens is 4. The highest BCUT2D eigenvalue weighted by Crippen LogP contribution is 2.00. The van der Waals surface area contributed by atoms with Gasteiger partial charge >= 0.3 is 0 Å². The summed E-state index contributed by atoms with van der Waals surface area (Å²) in [5.74, 6) is 0. The van der Waals surface area contributed by atoms with Gasteiger partial charge < -0.3 is 30.7 Å². The second kappa shape index (κ2) is 12.6. The lowest BCUT2D eigenvalue weighted by atomic mass is 10.3. The molecule has 1 aliphatic heterocycles. The predicted octanol–water partition coefficient (Wildman–Crippen LogP) is -0.762. The molecule has 0 saturated carbocycles. The SMILES string of the molecule is c1c2n[nH]c1CNCCOCCNCc1cc(n[nH]1)CNCCOCCNC2. The van der Waals surface area contributed by atoms with Crippen LogP contribution in [0.25, 0.3) is 0 Å². The predicted molar refractivity (Wildman–Crippen MR) is 106 cm³/mol. The second-order valence-electron chi connectivity index (χ2n) is 6.70. The van der Waals surface area contributed by atoms with Gasteiger partial charge in [0.25, 0.3) is 0 Å². The van der Waals surface area contributed by atoms with E-state index in [4.69, 9.17) is 9.47 Å². The molecule has 28 heavy (non-hydrogen) atoms. The molecular formula is C18H32N8O2. The van der Waals surface area contributed by atoms with Crippen molar-refractivity contribution in [2.75, 3.05) is 52.6 Å². The van der Waals surface area contributed by atoms with Gasteiger partial charge in [0, 0.05) is 63.7 Å². The highest BCUT2D eigenvalue weighted by atomic mass is 16.5.